The monoisotopic (exact) mass is 254 g/mol. The topological polar surface area (TPSA) is 123 Å². The molecule has 0 aliphatic carbocycles. The van der Waals surface area contributed by atoms with E-state index >= 15 is 0 Å². The number of rotatable bonds is 4. The van der Waals surface area contributed by atoms with Gasteiger partial charge in [-0.25, -0.2) is 4.68 Å². The maximum Gasteiger partial charge on any atom is 0.313 e. The van der Waals surface area contributed by atoms with Crippen LogP contribution in [-0.2, 0) is 4.79 Å². The summed E-state index contributed by atoms with van der Waals surface area (Å²) in [6, 6.07) is 1.78. The highest BCUT2D eigenvalue weighted by molar-refractivity contribution is 7.99. The summed E-state index contributed by atoms with van der Waals surface area (Å²) >= 11 is 1.00. The highest BCUT2D eigenvalue weighted by Crippen LogP contribution is 2.20. The highest BCUT2D eigenvalue weighted by atomic mass is 32.2. The largest absolute Gasteiger partial charge is 0.481 e. The van der Waals surface area contributed by atoms with E-state index in [4.69, 9.17) is 10.9 Å². The van der Waals surface area contributed by atoms with Gasteiger partial charge in [0.05, 0.1) is 5.75 Å². The molecule has 0 radical (unpaired) electrons. The summed E-state index contributed by atoms with van der Waals surface area (Å²) < 4.78 is 1.23. The van der Waals surface area contributed by atoms with Crippen LogP contribution in [0.15, 0.2) is 11.2 Å². The predicted octanol–water partition coefficient (Wildman–Crippen LogP) is -0.133. The third kappa shape index (κ3) is 2.38. The zero-order valence-corrected chi connectivity index (χ0v) is 9.73. The van der Waals surface area contributed by atoms with Crippen molar-refractivity contribution in [3.05, 3.63) is 11.8 Å². The third-order valence-corrected chi connectivity index (χ3v) is 2.85. The molecule has 90 valence electrons. The standard InChI is InChI=1S/C8H10N6O2S/c1-4-2-5(11-10-4)7-12-13-8(14(7)9)17-3-6(15)16/h2H,3,9H2,1H3,(H,10,11)(H,15,16). The fourth-order valence-corrected chi connectivity index (χ4v) is 1.79. The molecule has 0 spiro atoms. The summed E-state index contributed by atoms with van der Waals surface area (Å²) in [7, 11) is 0. The summed E-state index contributed by atoms with van der Waals surface area (Å²) in [6.07, 6.45) is 0. The second-order valence-electron chi connectivity index (χ2n) is 3.29. The number of carbonyl (C=O) groups is 1. The molecule has 0 aliphatic rings. The number of aliphatic carboxylic acids is 1. The fourth-order valence-electron chi connectivity index (χ4n) is 1.21. The van der Waals surface area contributed by atoms with Crippen molar-refractivity contribution >= 4 is 17.7 Å². The van der Waals surface area contributed by atoms with Crippen LogP contribution in [0.4, 0.5) is 0 Å². The number of carboxylic acids is 1. The smallest absolute Gasteiger partial charge is 0.313 e. The number of nitrogen functional groups attached to an aromatic ring is 1. The lowest BCUT2D eigenvalue weighted by Gasteiger charge is -1.99. The Balaban J connectivity index is 2.23. The molecular weight excluding hydrogens is 244 g/mol. The van der Waals surface area contributed by atoms with Crippen LogP contribution in [0.5, 0.6) is 0 Å². The van der Waals surface area contributed by atoms with Crippen molar-refractivity contribution in [1.29, 1.82) is 0 Å². The van der Waals surface area contributed by atoms with E-state index in [2.05, 4.69) is 20.4 Å². The molecule has 0 saturated heterocycles. The maximum atomic E-state index is 10.4. The number of hydrogen-bond acceptors (Lipinski definition) is 6. The molecule has 0 unspecified atom stereocenters. The molecule has 0 aliphatic heterocycles. The minimum Gasteiger partial charge on any atom is -0.481 e. The fraction of sp³-hybridized carbons (Fsp3) is 0.250. The normalized spacial score (nSPS) is 10.6. The zero-order valence-electron chi connectivity index (χ0n) is 8.91. The Morgan fingerprint density at radius 3 is 3.00 bits per heavy atom. The third-order valence-electron chi connectivity index (χ3n) is 1.92. The van der Waals surface area contributed by atoms with Crippen molar-refractivity contribution in [1.82, 2.24) is 25.1 Å². The quantitative estimate of drug-likeness (QED) is 0.513. The first-order chi connectivity index (χ1) is 8.08. The molecule has 0 saturated carbocycles. The Bertz CT molecular complexity index is 548. The SMILES string of the molecule is Cc1cc(-c2nnc(SCC(=O)O)n2N)n[nH]1. The second-order valence-corrected chi connectivity index (χ2v) is 4.24. The molecular formula is C8H10N6O2S. The van der Waals surface area contributed by atoms with Crippen molar-refractivity contribution in [2.75, 3.05) is 11.6 Å². The lowest BCUT2D eigenvalue weighted by Crippen LogP contribution is -2.12. The van der Waals surface area contributed by atoms with Gasteiger partial charge in [0.15, 0.2) is 0 Å². The molecule has 17 heavy (non-hydrogen) atoms. The number of nitrogens with two attached hydrogens (primary N) is 1. The first-order valence-corrected chi connectivity index (χ1v) is 5.64. The van der Waals surface area contributed by atoms with Gasteiger partial charge in [-0.15, -0.1) is 10.2 Å². The van der Waals surface area contributed by atoms with Gasteiger partial charge in [0.25, 0.3) is 0 Å². The molecule has 0 amide bonds. The Hall–Kier alpha value is -2.03. The summed E-state index contributed by atoms with van der Waals surface area (Å²) in [6.45, 7) is 1.85. The molecule has 2 aromatic heterocycles. The average molecular weight is 254 g/mol. The lowest BCUT2D eigenvalue weighted by atomic mass is 10.3. The summed E-state index contributed by atoms with van der Waals surface area (Å²) in [4.78, 5) is 10.4. The molecule has 0 atom stereocenters. The van der Waals surface area contributed by atoms with Gasteiger partial charge in [0, 0.05) is 5.69 Å². The predicted molar refractivity (Wildman–Crippen MR) is 60.9 cm³/mol. The van der Waals surface area contributed by atoms with E-state index in [1.807, 2.05) is 6.92 Å². The number of hydrogen-bond donors (Lipinski definition) is 3. The van der Waals surface area contributed by atoms with Crippen molar-refractivity contribution in [2.45, 2.75) is 12.1 Å². The first kappa shape index (κ1) is 11.5. The van der Waals surface area contributed by atoms with Gasteiger partial charge in [0.2, 0.25) is 11.0 Å². The number of aromatic amines is 1. The number of aryl methyl sites for hydroxylation is 1. The summed E-state index contributed by atoms with van der Waals surface area (Å²) in [5, 5.41) is 23.3. The maximum absolute atomic E-state index is 10.4. The molecule has 2 rings (SSSR count). The number of H-pyrrole nitrogens is 1. The lowest BCUT2D eigenvalue weighted by molar-refractivity contribution is -0.133. The summed E-state index contributed by atoms with van der Waals surface area (Å²) in [5.74, 6) is 5.09. The van der Waals surface area contributed by atoms with E-state index in [-0.39, 0.29) is 5.75 Å². The van der Waals surface area contributed by atoms with E-state index in [9.17, 15) is 4.79 Å². The number of thioether (sulfide) groups is 1. The molecule has 4 N–H and O–H groups in total. The molecule has 2 aromatic rings. The van der Waals surface area contributed by atoms with Crippen LogP contribution in [0.3, 0.4) is 0 Å². The summed E-state index contributed by atoms with van der Waals surface area (Å²) in [5.41, 5.74) is 1.45. The van der Waals surface area contributed by atoms with Gasteiger partial charge >= 0.3 is 5.97 Å². The van der Waals surface area contributed by atoms with Crippen LogP contribution < -0.4 is 5.84 Å². The van der Waals surface area contributed by atoms with Crippen molar-refractivity contribution in [3.63, 3.8) is 0 Å². The van der Waals surface area contributed by atoms with E-state index < -0.39 is 5.97 Å². The van der Waals surface area contributed by atoms with Crippen molar-refractivity contribution in [3.8, 4) is 11.5 Å². The van der Waals surface area contributed by atoms with Crippen LogP contribution in [0.25, 0.3) is 11.5 Å². The van der Waals surface area contributed by atoms with Crippen LogP contribution in [-0.4, -0.2) is 41.9 Å². The molecule has 0 fully saturated rings. The molecule has 0 aromatic carbocycles. The minimum atomic E-state index is -0.935. The van der Waals surface area contributed by atoms with Crippen molar-refractivity contribution in [2.24, 2.45) is 0 Å². The van der Waals surface area contributed by atoms with Crippen LogP contribution in [0.2, 0.25) is 0 Å². The van der Waals surface area contributed by atoms with Gasteiger partial charge < -0.3 is 10.9 Å². The highest BCUT2D eigenvalue weighted by Gasteiger charge is 2.15. The van der Waals surface area contributed by atoms with Crippen LogP contribution >= 0.6 is 11.8 Å². The van der Waals surface area contributed by atoms with Gasteiger partial charge in [-0.3, -0.25) is 9.89 Å². The Labute approximate surface area is 100 Å². The van der Waals surface area contributed by atoms with Gasteiger partial charge in [-0.05, 0) is 13.0 Å². The number of carboxylic acid groups (broad SMARTS) is 1. The zero-order chi connectivity index (χ0) is 12.4. The van der Waals surface area contributed by atoms with E-state index in [0.29, 0.717) is 16.7 Å². The van der Waals surface area contributed by atoms with E-state index in [1.54, 1.807) is 6.07 Å². The molecule has 0 bridgehead atoms. The first-order valence-electron chi connectivity index (χ1n) is 4.65. The van der Waals surface area contributed by atoms with Crippen molar-refractivity contribution < 1.29 is 9.90 Å². The average Bonchev–Trinajstić information content (AvgIpc) is 2.82. The van der Waals surface area contributed by atoms with Gasteiger partial charge in [-0.2, -0.15) is 5.10 Å². The number of nitrogens with zero attached hydrogens (tertiary/aromatic N) is 4. The Morgan fingerprint density at radius 1 is 1.65 bits per heavy atom. The van der Waals surface area contributed by atoms with Gasteiger partial charge in [0.1, 0.15) is 5.69 Å². The molecule has 8 nitrogen and oxygen atoms in total. The molecule has 9 heteroatoms. The Kier molecular flexibility index (Phi) is 3.00. The van der Waals surface area contributed by atoms with E-state index in [0.717, 1.165) is 17.5 Å². The second kappa shape index (κ2) is 4.45. The van der Waals surface area contributed by atoms with Crippen LogP contribution in [0.1, 0.15) is 5.69 Å². The van der Waals surface area contributed by atoms with E-state index in [1.165, 1.54) is 4.68 Å². The number of nitrogens with one attached hydrogen (secondary N) is 1. The molecule has 2 heterocycles. The number of aromatic nitrogens is 5. The van der Waals surface area contributed by atoms with Crippen LogP contribution in [0, 0.1) is 6.92 Å². The minimum absolute atomic E-state index is 0.116. The Morgan fingerprint density at radius 2 is 2.41 bits per heavy atom. The van der Waals surface area contributed by atoms with Gasteiger partial charge in [-0.1, -0.05) is 11.8 Å².